The molecular formula is C16H25N7. The number of anilines is 1. The van der Waals surface area contributed by atoms with E-state index in [9.17, 15) is 0 Å². The molecule has 0 aliphatic carbocycles. The molecule has 0 spiro atoms. The Balaban J connectivity index is 1.57. The smallest absolute Gasteiger partial charge is 0.225 e. The largest absolute Gasteiger partial charge is 0.341 e. The number of aromatic nitrogens is 5. The number of piperidine rings is 1. The van der Waals surface area contributed by atoms with Crippen LogP contribution < -0.4 is 10.2 Å². The van der Waals surface area contributed by atoms with Crippen molar-refractivity contribution in [2.24, 2.45) is 0 Å². The highest BCUT2D eigenvalue weighted by molar-refractivity contribution is 5.29. The van der Waals surface area contributed by atoms with Crippen LogP contribution in [0, 0.1) is 0 Å². The minimum Gasteiger partial charge on any atom is -0.341 e. The maximum absolute atomic E-state index is 4.45. The molecule has 1 fully saturated rings. The second-order valence-electron chi connectivity index (χ2n) is 5.87. The highest BCUT2D eigenvalue weighted by atomic mass is 15.3. The second kappa shape index (κ2) is 7.50. The van der Waals surface area contributed by atoms with Crippen molar-refractivity contribution in [2.45, 2.75) is 51.7 Å². The van der Waals surface area contributed by atoms with Gasteiger partial charge in [0.25, 0.3) is 0 Å². The number of hydrogen-bond acceptors (Lipinski definition) is 6. The van der Waals surface area contributed by atoms with Gasteiger partial charge in [-0.2, -0.15) is 5.10 Å². The van der Waals surface area contributed by atoms with Gasteiger partial charge in [-0.3, -0.25) is 0 Å². The molecule has 2 aromatic rings. The number of nitrogens with zero attached hydrogens (tertiary/aromatic N) is 6. The Hall–Kier alpha value is -2.02. The van der Waals surface area contributed by atoms with Gasteiger partial charge in [-0.25, -0.2) is 19.6 Å². The van der Waals surface area contributed by atoms with Gasteiger partial charge < -0.3 is 10.2 Å². The average molecular weight is 315 g/mol. The minimum atomic E-state index is 0.266. The van der Waals surface area contributed by atoms with Crippen LogP contribution in [0.2, 0.25) is 0 Å². The lowest BCUT2D eigenvalue weighted by Crippen LogP contribution is -2.44. The quantitative estimate of drug-likeness (QED) is 0.876. The zero-order valence-electron chi connectivity index (χ0n) is 13.9. The average Bonchev–Trinajstić information content (AvgIpc) is 3.09. The third kappa shape index (κ3) is 3.67. The standard InChI is InChI=1S/C16H25N7/c1-3-14(15-19-12-20-23(15)4-2)21-13-6-10-22(11-7-13)16-17-8-5-9-18-16/h5,8-9,12-14,21H,3-4,6-7,10-11H2,1-2H3. The van der Waals surface area contributed by atoms with Crippen molar-refractivity contribution in [3.05, 3.63) is 30.6 Å². The third-order valence-corrected chi connectivity index (χ3v) is 4.43. The maximum atomic E-state index is 4.45. The van der Waals surface area contributed by atoms with Crippen LogP contribution in [0.3, 0.4) is 0 Å². The first-order valence-electron chi connectivity index (χ1n) is 8.47. The molecule has 0 bridgehead atoms. The Kier molecular flexibility index (Phi) is 5.17. The van der Waals surface area contributed by atoms with E-state index in [1.165, 1.54) is 0 Å². The summed E-state index contributed by atoms with van der Waals surface area (Å²) in [5, 5.41) is 8.05. The van der Waals surface area contributed by atoms with E-state index in [0.717, 1.165) is 50.7 Å². The summed E-state index contributed by atoms with van der Waals surface area (Å²) >= 11 is 0. The van der Waals surface area contributed by atoms with Crippen molar-refractivity contribution < 1.29 is 0 Å². The molecular weight excluding hydrogens is 290 g/mol. The van der Waals surface area contributed by atoms with E-state index >= 15 is 0 Å². The Morgan fingerprint density at radius 1 is 1.17 bits per heavy atom. The van der Waals surface area contributed by atoms with Crippen molar-refractivity contribution in [1.82, 2.24) is 30.0 Å². The molecule has 1 saturated heterocycles. The van der Waals surface area contributed by atoms with Gasteiger partial charge in [-0.1, -0.05) is 6.92 Å². The Bertz CT molecular complexity index is 589. The molecule has 7 heteroatoms. The summed E-state index contributed by atoms with van der Waals surface area (Å²) in [5.74, 6) is 1.88. The monoisotopic (exact) mass is 315 g/mol. The summed E-state index contributed by atoms with van der Waals surface area (Å²) in [4.78, 5) is 15.4. The Labute approximate surface area is 137 Å². The van der Waals surface area contributed by atoms with E-state index in [-0.39, 0.29) is 6.04 Å². The molecule has 7 nitrogen and oxygen atoms in total. The van der Waals surface area contributed by atoms with Crippen molar-refractivity contribution in [3.63, 3.8) is 0 Å². The van der Waals surface area contributed by atoms with Crippen LogP contribution in [0.25, 0.3) is 0 Å². The molecule has 23 heavy (non-hydrogen) atoms. The number of aryl methyl sites for hydroxylation is 1. The third-order valence-electron chi connectivity index (χ3n) is 4.43. The summed E-state index contributed by atoms with van der Waals surface area (Å²) in [5.41, 5.74) is 0. The van der Waals surface area contributed by atoms with Gasteiger partial charge in [-0.05, 0) is 32.3 Å². The normalized spacial score (nSPS) is 17.4. The molecule has 124 valence electrons. The molecule has 1 N–H and O–H groups in total. The summed E-state index contributed by atoms with van der Waals surface area (Å²) < 4.78 is 1.98. The molecule has 0 radical (unpaired) electrons. The predicted molar refractivity (Wildman–Crippen MR) is 89.1 cm³/mol. The molecule has 0 saturated carbocycles. The van der Waals surface area contributed by atoms with Crippen LogP contribution in [-0.2, 0) is 6.54 Å². The van der Waals surface area contributed by atoms with E-state index in [1.54, 1.807) is 18.7 Å². The van der Waals surface area contributed by atoms with Crippen LogP contribution >= 0.6 is 0 Å². The Morgan fingerprint density at radius 3 is 2.57 bits per heavy atom. The zero-order chi connectivity index (χ0) is 16.1. The number of nitrogens with one attached hydrogen (secondary N) is 1. The predicted octanol–water partition coefficient (Wildman–Crippen LogP) is 1.80. The van der Waals surface area contributed by atoms with Gasteiger partial charge in [0.05, 0.1) is 6.04 Å². The van der Waals surface area contributed by atoms with Crippen LogP contribution in [0.5, 0.6) is 0 Å². The first-order chi connectivity index (χ1) is 11.3. The summed E-state index contributed by atoms with van der Waals surface area (Å²) in [6.45, 7) is 7.12. The fourth-order valence-electron chi connectivity index (χ4n) is 3.15. The van der Waals surface area contributed by atoms with E-state index < -0.39 is 0 Å². The highest BCUT2D eigenvalue weighted by Gasteiger charge is 2.24. The lowest BCUT2D eigenvalue weighted by molar-refractivity contribution is 0.346. The second-order valence-corrected chi connectivity index (χ2v) is 5.87. The van der Waals surface area contributed by atoms with Gasteiger partial charge in [0.2, 0.25) is 5.95 Å². The number of rotatable bonds is 6. The molecule has 3 heterocycles. The molecule has 3 rings (SSSR count). The van der Waals surface area contributed by atoms with Crippen LogP contribution in [-0.4, -0.2) is 43.9 Å². The van der Waals surface area contributed by atoms with E-state index in [1.807, 2.05) is 10.7 Å². The van der Waals surface area contributed by atoms with Crippen molar-refractivity contribution >= 4 is 5.95 Å². The fraction of sp³-hybridized carbons (Fsp3) is 0.625. The molecule has 1 aliphatic heterocycles. The van der Waals surface area contributed by atoms with Crippen LogP contribution in [0.15, 0.2) is 24.8 Å². The lowest BCUT2D eigenvalue weighted by atomic mass is 10.0. The highest BCUT2D eigenvalue weighted by Crippen LogP contribution is 2.20. The first kappa shape index (κ1) is 15.9. The summed E-state index contributed by atoms with van der Waals surface area (Å²) in [6.07, 6.45) is 8.46. The van der Waals surface area contributed by atoms with Crippen LogP contribution in [0.1, 0.15) is 45.0 Å². The van der Waals surface area contributed by atoms with E-state index in [2.05, 4.69) is 44.1 Å². The van der Waals surface area contributed by atoms with E-state index in [0.29, 0.717) is 6.04 Å². The molecule has 0 amide bonds. The summed E-state index contributed by atoms with van der Waals surface area (Å²) in [7, 11) is 0. The van der Waals surface area contributed by atoms with Crippen molar-refractivity contribution in [3.8, 4) is 0 Å². The van der Waals surface area contributed by atoms with Crippen molar-refractivity contribution in [1.29, 1.82) is 0 Å². The molecule has 0 aromatic carbocycles. The van der Waals surface area contributed by atoms with Gasteiger partial charge in [0.1, 0.15) is 12.2 Å². The van der Waals surface area contributed by atoms with E-state index in [4.69, 9.17) is 0 Å². The lowest BCUT2D eigenvalue weighted by Gasteiger charge is -2.34. The molecule has 2 aromatic heterocycles. The zero-order valence-corrected chi connectivity index (χ0v) is 13.9. The van der Waals surface area contributed by atoms with Gasteiger partial charge >= 0.3 is 0 Å². The summed E-state index contributed by atoms with van der Waals surface area (Å²) in [6, 6.07) is 2.62. The van der Waals surface area contributed by atoms with Gasteiger partial charge in [-0.15, -0.1) is 0 Å². The van der Waals surface area contributed by atoms with Gasteiger partial charge in [0.15, 0.2) is 0 Å². The maximum Gasteiger partial charge on any atom is 0.225 e. The molecule has 1 unspecified atom stereocenters. The SMILES string of the molecule is CCC(NC1CCN(c2ncccn2)CC1)c1ncnn1CC. The topological polar surface area (TPSA) is 71.8 Å². The fourth-order valence-corrected chi connectivity index (χ4v) is 3.15. The van der Waals surface area contributed by atoms with Crippen LogP contribution in [0.4, 0.5) is 5.95 Å². The van der Waals surface area contributed by atoms with Crippen molar-refractivity contribution in [2.75, 3.05) is 18.0 Å². The first-order valence-corrected chi connectivity index (χ1v) is 8.47. The molecule has 1 atom stereocenters. The molecule has 1 aliphatic rings. The number of hydrogen-bond donors (Lipinski definition) is 1. The minimum absolute atomic E-state index is 0.266. The van der Waals surface area contributed by atoms with Gasteiger partial charge in [0, 0.05) is 38.1 Å². The Morgan fingerprint density at radius 2 is 1.91 bits per heavy atom.